The molecule has 0 radical (unpaired) electrons. The zero-order valence-corrected chi connectivity index (χ0v) is 6.79. The van der Waals surface area contributed by atoms with E-state index in [1.807, 2.05) is 18.2 Å². The van der Waals surface area contributed by atoms with E-state index in [1.165, 1.54) is 0 Å². The van der Waals surface area contributed by atoms with E-state index in [-0.39, 0.29) is 5.91 Å². The number of benzene rings is 1. The van der Waals surface area contributed by atoms with Gasteiger partial charge in [-0.2, -0.15) is 5.53 Å². The minimum absolute atomic E-state index is 0.162. The van der Waals surface area contributed by atoms with Crippen LogP contribution in [0.15, 0.2) is 30.3 Å². The fourth-order valence-electron chi connectivity index (χ4n) is 0.781. The largest absolute Gasteiger partial charge is 0.274 e. The van der Waals surface area contributed by atoms with Crippen LogP contribution < -0.4 is 16.4 Å². The summed E-state index contributed by atoms with van der Waals surface area (Å²) < 4.78 is 0. The lowest BCUT2D eigenvalue weighted by Crippen LogP contribution is -2.44. The summed E-state index contributed by atoms with van der Waals surface area (Å²) in [5.41, 5.74) is 8.16. The lowest BCUT2D eigenvalue weighted by atomic mass is 10.2. The van der Waals surface area contributed by atoms with Crippen molar-refractivity contribution in [1.82, 2.24) is 16.4 Å². The average Bonchev–Trinajstić information content (AvgIpc) is 2.15. The first-order valence-electron chi connectivity index (χ1n) is 3.61. The Bertz CT molecular complexity index is 248. The number of amides is 1. The van der Waals surface area contributed by atoms with Crippen LogP contribution in [0.25, 0.3) is 0 Å². The second-order valence-corrected chi connectivity index (χ2v) is 2.20. The molecule has 1 aromatic carbocycles. The van der Waals surface area contributed by atoms with Crippen LogP contribution in [0.1, 0.15) is 10.4 Å². The molecule has 4 nitrogen and oxygen atoms in total. The lowest BCUT2D eigenvalue weighted by Gasteiger charge is -2.04. The van der Waals surface area contributed by atoms with Gasteiger partial charge in [-0.15, -0.1) is 0 Å². The van der Waals surface area contributed by atoms with Gasteiger partial charge in [-0.25, -0.2) is 5.43 Å². The van der Waals surface area contributed by atoms with Crippen molar-refractivity contribution in [1.29, 1.82) is 0 Å². The Morgan fingerprint density at radius 3 is 2.50 bits per heavy atom. The molecular formula is C8H11N3O. The molecule has 1 rings (SSSR count). The van der Waals surface area contributed by atoms with Crippen LogP contribution in [-0.2, 0) is 0 Å². The molecule has 0 fully saturated rings. The molecule has 64 valence electrons. The highest BCUT2D eigenvalue weighted by atomic mass is 16.2. The van der Waals surface area contributed by atoms with Crippen molar-refractivity contribution in [2.24, 2.45) is 0 Å². The maximum atomic E-state index is 11.2. The fraction of sp³-hybridized carbons (Fsp3) is 0.125. The topological polar surface area (TPSA) is 53.2 Å². The first-order chi connectivity index (χ1) is 5.84. The molecule has 0 atom stereocenters. The quantitative estimate of drug-likeness (QED) is 0.555. The Labute approximate surface area is 70.9 Å². The van der Waals surface area contributed by atoms with Gasteiger partial charge in [0.1, 0.15) is 0 Å². The first kappa shape index (κ1) is 8.70. The minimum Gasteiger partial charge on any atom is -0.274 e. The van der Waals surface area contributed by atoms with E-state index >= 15 is 0 Å². The molecule has 1 amide bonds. The molecule has 0 aliphatic carbocycles. The minimum atomic E-state index is -0.162. The van der Waals surface area contributed by atoms with Gasteiger partial charge in [0.25, 0.3) is 5.91 Å². The van der Waals surface area contributed by atoms with E-state index in [4.69, 9.17) is 0 Å². The van der Waals surface area contributed by atoms with E-state index in [2.05, 4.69) is 16.4 Å². The van der Waals surface area contributed by atoms with Crippen molar-refractivity contribution in [3.05, 3.63) is 35.9 Å². The van der Waals surface area contributed by atoms with Crippen molar-refractivity contribution in [2.75, 3.05) is 7.05 Å². The summed E-state index contributed by atoms with van der Waals surface area (Å²) in [7, 11) is 1.67. The number of nitrogens with one attached hydrogen (secondary N) is 3. The van der Waals surface area contributed by atoms with Gasteiger partial charge in [0.05, 0.1) is 0 Å². The number of carbonyl (C=O) groups is 1. The van der Waals surface area contributed by atoms with Crippen molar-refractivity contribution in [3.8, 4) is 0 Å². The Morgan fingerprint density at radius 2 is 1.92 bits per heavy atom. The van der Waals surface area contributed by atoms with Gasteiger partial charge in [0.15, 0.2) is 0 Å². The van der Waals surface area contributed by atoms with E-state index < -0.39 is 0 Å². The molecular weight excluding hydrogens is 154 g/mol. The third kappa shape index (κ3) is 2.34. The van der Waals surface area contributed by atoms with Gasteiger partial charge in [-0.05, 0) is 12.1 Å². The second-order valence-electron chi connectivity index (χ2n) is 2.20. The molecule has 0 aliphatic heterocycles. The van der Waals surface area contributed by atoms with Gasteiger partial charge in [0.2, 0.25) is 0 Å². The average molecular weight is 165 g/mol. The van der Waals surface area contributed by atoms with Crippen LogP contribution in [0.2, 0.25) is 0 Å². The Morgan fingerprint density at radius 1 is 1.25 bits per heavy atom. The van der Waals surface area contributed by atoms with Gasteiger partial charge in [-0.3, -0.25) is 10.2 Å². The highest BCUT2D eigenvalue weighted by molar-refractivity contribution is 5.93. The summed E-state index contributed by atoms with van der Waals surface area (Å²) in [6, 6.07) is 8.98. The smallest absolute Gasteiger partial charge is 0.266 e. The molecule has 0 unspecified atom stereocenters. The highest BCUT2D eigenvalue weighted by Crippen LogP contribution is 1.96. The van der Waals surface area contributed by atoms with E-state index in [9.17, 15) is 4.79 Å². The zero-order chi connectivity index (χ0) is 8.81. The van der Waals surface area contributed by atoms with E-state index in [0.29, 0.717) is 5.56 Å². The summed E-state index contributed by atoms with van der Waals surface area (Å²) in [6.07, 6.45) is 0. The van der Waals surface area contributed by atoms with Gasteiger partial charge >= 0.3 is 0 Å². The van der Waals surface area contributed by atoms with Crippen LogP contribution in [0.3, 0.4) is 0 Å². The summed E-state index contributed by atoms with van der Waals surface area (Å²) in [5.74, 6) is -0.162. The van der Waals surface area contributed by atoms with Crippen molar-refractivity contribution < 1.29 is 4.79 Å². The Hall–Kier alpha value is -1.39. The number of hydrogen-bond donors (Lipinski definition) is 3. The molecule has 0 aliphatic rings. The molecule has 0 saturated carbocycles. The van der Waals surface area contributed by atoms with E-state index in [0.717, 1.165) is 0 Å². The summed E-state index contributed by atoms with van der Waals surface area (Å²) in [4.78, 5) is 11.2. The predicted octanol–water partition coefficient (Wildman–Crippen LogP) is 0.0554. The summed E-state index contributed by atoms with van der Waals surface area (Å²) in [6.45, 7) is 0. The Kier molecular flexibility index (Phi) is 3.25. The zero-order valence-electron chi connectivity index (χ0n) is 6.79. The molecule has 0 heterocycles. The third-order valence-electron chi connectivity index (χ3n) is 1.34. The Balaban J connectivity index is 2.54. The van der Waals surface area contributed by atoms with Crippen LogP contribution in [-0.4, -0.2) is 13.0 Å². The summed E-state index contributed by atoms with van der Waals surface area (Å²) in [5, 5.41) is 0. The van der Waals surface area contributed by atoms with Gasteiger partial charge in [0, 0.05) is 12.6 Å². The monoisotopic (exact) mass is 165 g/mol. The number of hydrazine groups is 2. The van der Waals surface area contributed by atoms with Crippen LogP contribution in [0, 0.1) is 0 Å². The third-order valence-corrected chi connectivity index (χ3v) is 1.34. The maximum absolute atomic E-state index is 11.2. The molecule has 0 spiro atoms. The lowest BCUT2D eigenvalue weighted by molar-refractivity contribution is 0.0926. The van der Waals surface area contributed by atoms with Crippen molar-refractivity contribution in [3.63, 3.8) is 0 Å². The van der Waals surface area contributed by atoms with Crippen molar-refractivity contribution in [2.45, 2.75) is 0 Å². The molecule has 4 heteroatoms. The second kappa shape index (κ2) is 4.48. The summed E-state index contributed by atoms with van der Waals surface area (Å²) >= 11 is 0. The maximum Gasteiger partial charge on any atom is 0.266 e. The van der Waals surface area contributed by atoms with Gasteiger partial charge in [-0.1, -0.05) is 18.2 Å². The SMILES string of the molecule is CNNNC(=O)c1ccccc1. The molecule has 0 bridgehead atoms. The van der Waals surface area contributed by atoms with Crippen LogP contribution in [0.5, 0.6) is 0 Å². The van der Waals surface area contributed by atoms with Gasteiger partial charge < -0.3 is 0 Å². The van der Waals surface area contributed by atoms with Crippen molar-refractivity contribution >= 4 is 5.91 Å². The number of hydrogen-bond acceptors (Lipinski definition) is 3. The molecule has 1 aromatic rings. The van der Waals surface area contributed by atoms with Crippen LogP contribution in [0.4, 0.5) is 0 Å². The molecule has 0 aromatic heterocycles. The molecule has 12 heavy (non-hydrogen) atoms. The normalized spacial score (nSPS) is 9.42. The van der Waals surface area contributed by atoms with E-state index in [1.54, 1.807) is 19.2 Å². The number of rotatable bonds is 3. The number of carbonyl (C=O) groups excluding carboxylic acids is 1. The van der Waals surface area contributed by atoms with Crippen LogP contribution >= 0.6 is 0 Å². The first-order valence-corrected chi connectivity index (χ1v) is 3.61. The fourth-order valence-corrected chi connectivity index (χ4v) is 0.781. The molecule has 0 saturated heterocycles. The molecule has 3 N–H and O–H groups in total. The predicted molar refractivity (Wildman–Crippen MR) is 46.1 cm³/mol. The highest BCUT2D eigenvalue weighted by Gasteiger charge is 2.00. The standard InChI is InChI=1S/C8H11N3O/c1-9-11-10-8(12)7-5-3-2-4-6-7/h2-6,9,11H,1H3,(H,10,12).